The molecule has 1 aromatic carbocycles. The molecular formula is C13H12F3NO5. The maximum absolute atomic E-state index is 12.4. The number of ether oxygens (including phenoxy) is 3. The van der Waals surface area contributed by atoms with Crippen molar-refractivity contribution in [3.63, 3.8) is 0 Å². The molecule has 0 spiro atoms. The minimum atomic E-state index is -4.88. The third-order valence-electron chi connectivity index (χ3n) is 2.81. The molecule has 1 N–H and O–H groups in total. The van der Waals surface area contributed by atoms with Crippen molar-refractivity contribution in [2.75, 3.05) is 20.3 Å². The molecule has 0 amide bonds. The molecule has 0 saturated carbocycles. The summed E-state index contributed by atoms with van der Waals surface area (Å²) in [6.07, 6.45) is -4.88. The van der Waals surface area contributed by atoms with Crippen molar-refractivity contribution in [1.29, 1.82) is 0 Å². The summed E-state index contributed by atoms with van der Waals surface area (Å²) in [5, 5.41) is 8.76. The highest BCUT2D eigenvalue weighted by Crippen LogP contribution is 2.33. The Morgan fingerprint density at radius 2 is 2.18 bits per heavy atom. The van der Waals surface area contributed by atoms with Crippen LogP contribution in [-0.4, -0.2) is 49.5 Å². The van der Waals surface area contributed by atoms with E-state index in [-0.39, 0.29) is 23.8 Å². The number of nitrogens with zero attached hydrogens (tertiary/aromatic N) is 1. The summed E-state index contributed by atoms with van der Waals surface area (Å²) in [7, 11) is 1.21. The van der Waals surface area contributed by atoms with Crippen molar-refractivity contribution in [3.05, 3.63) is 23.8 Å². The van der Waals surface area contributed by atoms with Crippen LogP contribution in [0.2, 0.25) is 0 Å². The Bertz CT molecular complexity index is 600. The van der Waals surface area contributed by atoms with Crippen LogP contribution in [0, 0.1) is 0 Å². The summed E-state index contributed by atoms with van der Waals surface area (Å²) >= 11 is 0. The summed E-state index contributed by atoms with van der Waals surface area (Å²) < 4.78 is 50.9. The van der Waals surface area contributed by atoms with Crippen LogP contribution in [0.3, 0.4) is 0 Å². The van der Waals surface area contributed by atoms with E-state index < -0.39 is 30.5 Å². The quantitative estimate of drug-likeness (QED) is 0.885. The van der Waals surface area contributed by atoms with Gasteiger partial charge < -0.3 is 19.3 Å². The summed E-state index contributed by atoms with van der Waals surface area (Å²) in [6.45, 7) is -0.758. The maximum atomic E-state index is 12.4. The molecular weight excluding hydrogens is 307 g/mol. The van der Waals surface area contributed by atoms with E-state index in [1.165, 1.54) is 19.2 Å². The standard InChI is InChI=1S/C13H12F3NO5/c1-20-10-3-2-7(4-11(10)22-13(14,15)16)12-17-8(6-21-12)9(19)5-18/h2-4,8,18H,5-6H2,1H3/t8-/m1/s1. The molecule has 0 unspecified atom stereocenters. The van der Waals surface area contributed by atoms with Crippen LogP contribution >= 0.6 is 0 Å². The number of carbonyl (C=O) groups is 1. The highest BCUT2D eigenvalue weighted by molar-refractivity contribution is 5.99. The average molecular weight is 319 g/mol. The molecule has 9 heteroatoms. The van der Waals surface area contributed by atoms with Crippen molar-refractivity contribution in [2.45, 2.75) is 12.4 Å². The number of methoxy groups -OCH3 is 1. The molecule has 1 heterocycles. The van der Waals surface area contributed by atoms with E-state index in [1.54, 1.807) is 0 Å². The highest BCUT2D eigenvalue weighted by atomic mass is 19.4. The van der Waals surface area contributed by atoms with Crippen molar-refractivity contribution in [3.8, 4) is 11.5 Å². The first-order chi connectivity index (χ1) is 10.3. The normalized spacial score (nSPS) is 17.7. The minimum Gasteiger partial charge on any atom is -0.493 e. The smallest absolute Gasteiger partial charge is 0.493 e. The van der Waals surface area contributed by atoms with Crippen molar-refractivity contribution in [2.24, 2.45) is 4.99 Å². The summed E-state index contributed by atoms with van der Waals surface area (Å²) in [6, 6.07) is 2.88. The predicted octanol–water partition coefficient (Wildman–Crippen LogP) is 1.30. The van der Waals surface area contributed by atoms with E-state index in [2.05, 4.69) is 9.73 Å². The van der Waals surface area contributed by atoms with Gasteiger partial charge in [0.15, 0.2) is 17.3 Å². The van der Waals surface area contributed by atoms with Crippen molar-refractivity contribution in [1.82, 2.24) is 0 Å². The van der Waals surface area contributed by atoms with E-state index in [0.29, 0.717) is 0 Å². The number of ketones is 1. The van der Waals surface area contributed by atoms with Gasteiger partial charge in [-0.2, -0.15) is 0 Å². The Morgan fingerprint density at radius 3 is 2.77 bits per heavy atom. The Kier molecular flexibility index (Phi) is 4.55. The molecule has 2 rings (SSSR count). The van der Waals surface area contributed by atoms with E-state index in [4.69, 9.17) is 14.6 Å². The number of benzene rings is 1. The zero-order valence-corrected chi connectivity index (χ0v) is 11.4. The van der Waals surface area contributed by atoms with Crippen LogP contribution in [-0.2, 0) is 9.53 Å². The average Bonchev–Trinajstić information content (AvgIpc) is 2.94. The van der Waals surface area contributed by atoms with Gasteiger partial charge in [-0.25, -0.2) is 4.99 Å². The van der Waals surface area contributed by atoms with Gasteiger partial charge >= 0.3 is 6.36 Å². The van der Waals surface area contributed by atoms with Gasteiger partial charge in [0, 0.05) is 5.56 Å². The van der Waals surface area contributed by atoms with E-state index >= 15 is 0 Å². The fraction of sp³-hybridized carbons (Fsp3) is 0.385. The Labute approximate surface area is 123 Å². The zero-order valence-electron chi connectivity index (χ0n) is 11.4. The molecule has 6 nitrogen and oxygen atoms in total. The lowest BCUT2D eigenvalue weighted by molar-refractivity contribution is -0.275. The lowest BCUT2D eigenvalue weighted by atomic mass is 10.2. The number of carbonyl (C=O) groups excluding carboxylic acids is 1. The van der Waals surface area contributed by atoms with Gasteiger partial charge in [-0.3, -0.25) is 4.79 Å². The van der Waals surface area contributed by atoms with Crippen LogP contribution in [0.15, 0.2) is 23.2 Å². The fourth-order valence-corrected chi connectivity index (χ4v) is 1.82. The number of Topliss-reactive ketones (excluding diaryl/α,β-unsaturated/α-hetero) is 1. The number of aliphatic hydroxyl groups is 1. The third kappa shape index (κ3) is 3.67. The fourth-order valence-electron chi connectivity index (χ4n) is 1.82. The molecule has 1 aromatic rings. The SMILES string of the molecule is COc1ccc(C2=N[C@@H](C(=O)CO)CO2)cc1OC(F)(F)F. The Balaban J connectivity index is 2.29. The number of hydrogen-bond acceptors (Lipinski definition) is 6. The molecule has 0 aliphatic carbocycles. The van der Waals surface area contributed by atoms with E-state index in [9.17, 15) is 18.0 Å². The summed E-state index contributed by atoms with van der Waals surface area (Å²) in [5.41, 5.74) is 0.202. The largest absolute Gasteiger partial charge is 0.573 e. The van der Waals surface area contributed by atoms with Gasteiger partial charge in [-0.05, 0) is 18.2 Å². The van der Waals surface area contributed by atoms with Gasteiger partial charge in [0.2, 0.25) is 5.90 Å². The monoisotopic (exact) mass is 319 g/mol. The van der Waals surface area contributed by atoms with Crippen molar-refractivity contribution < 1.29 is 37.3 Å². The molecule has 1 aliphatic rings. The Morgan fingerprint density at radius 1 is 1.45 bits per heavy atom. The van der Waals surface area contributed by atoms with Crippen LogP contribution in [0.5, 0.6) is 11.5 Å². The number of hydrogen-bond donors (Lipinski definition) is 1. The molecule has 1 atom stereocenters. The second-order valence-corrected chi connectivity index (χ2v) is 4.30. The number of aliphatic imine (C=N–C) groups is 1. The van der Waals surface area contributed by atoms with Gasteiger partial charge in [-0.15, -0.1) is 13.2 Å². The number of rotatable bonds is 5. The lowest BCUT2D eigenvalue weighted by Gasteiger charge is -2.13. The highest BCUT2D eigenvalue weighted by Gasteiger charge is 2.33. The van der Waals surface area contributed by atoms with Crippen LogP contribution in [0.1, 0.15) is 5.56 Å². The van der Waals surface area contributed by atoms with Crippen LogP contribution in [0.25, 0.3) is 0 Å². The van der Waals surface area contributed by atoms with Gasteiger partial charge in [0.05, 0.1) is 7.11 Å². The molecule has 0 saturated heterocycles. The number of aliphatic hydroxyl groups excluding tert-OH is 1. The molecule has 0 radical (unpaired) electrons. The molecule has 22 heavy (non-hydrogen) atoms. The molecule has 1 aliphatic heterocycles. The molecule has 0 fully saturated rings. The van der Waals surface area contributed by atoms with E-state index in [0.717, 1.165) is 6.07 Å². The first-order valence-electron chi connectivity index (χ1n) is 6.12. The molecule has 0 bridgehead atoms. The summed E-state index contributed by atoms with van der Waals surface area (Å²) in [4.78, 5) is 15.2. The predicted molar refractivity (Wildman–Crippen MR) is 68.0 cm³/mol. The van der Waals surface area contributed by atoms with Gasteiger partial charge in [0.25, 0.3) is 0 Å². The second kappa shape index (κ2) is 6.22. The first kappa shape index (κ1) is 16.1. The van der Waals surface area contributed by atoms with Crippen molar-refractivity contribution >= 4 is 11.7 Å². The topological polar surface area (TPSA) is 77.4 Å². The maximum Gasteiger partial charge on any atom is 0.573 e. The Hall–Kier alpha value is -2.29. The zero-order chi connectivity index (χ0) is 16.3. The van der Waals surface area contributed by atoms with E-state index in [1.807, 2.05) is 0 Å². The van der Waals surface area contributed by atoms with Crippen LogP contribution < -0.4 is 9.47 Å². The molecule has 0 aromatic heterocycles. The van der Waals surface area contributed by atoms with Gasteiger partial charge in [-0.1, -0.05) is 0 Å². The number of halogens is 3. The second-order valence-electron chi connectivity index (χ2n) is 4.30. The van der Waals surface area contributed by atoms with Gasteiger partial charge in [0.1, 0.15) is 19.3 Å². The minimum absolute atomic E-state index is 0.00137. The lowest BCUT2D eigenvalue weighted by Crippen LogP contribution is -2.22. The molecule has 120 valence electrons. The number of alkyl halides is 3. The third-order valence-corrected chi connectivity index (χ3v) is 2.81. The first-order valence-corrected chi connectivity index (χ1v) is 6.12. The summed E-state index contributed by atoms with van der Waals surface area (Å²) in [5.74, 6) is -1.19. The van der Waals surface area contributed by atoms with Crippen LogP contribution in [0.4, 0.5) is 13.2 Å².